The van der Waals surface area contributed by atoms with Gasteiger partial charge < -0.3 is 11.1 Å². The van der Waals surface area contributed by atoms with Crippen molar-refractivity contribution >= 4 is 34.2 Å². The molecule has 0 aliphatic rings. The van der Waals surface area contributed by atoms with Gasteiger partial charge in [-0.1, -0.05) is 15.9 Å². The van der Waals surface area contributed by atoms with Crippen LogP contribution in [0.15, 0.2) is 22.7 Å². The summed E-state index contributed by atoms with van der Waals surface area (Å²) in [6.07, 6.45) is 0. The zero-order valence-corrected chi connectivity index (χ0v) is 12.6. The quantitative estimate of drug-likeness (QED) is 0.899. The number of hydrogen-bond acceptors (Lipinski definition) is 2. The van der Waals surface area contributed by atoms with Crippen LogP contribution in [0.5, 0.6) is 0 Å². The smallest absolute Gasteiger partial charge is 0.251 e. The van der Waals surface area contributed by atoms with E-state index in [1.165, 1.54) is 0 Å². The van der Waals surface area contributed by atoms with Crippen LogP contribution in [0.4, 0.5) is 0 Å². The Bertz CT molecular complexity index is 387. The number of benzene rings is 1. The number of halogens is 2. The van der Waals surface area contributed by atoms with Crippen LogP contribution in [0.3, 0.4) is 0 Å². The molecular weight excluding hydrogens is 304 g/mol. The van der Waals surface area contributed by atoms with Gasteiger partial charge in [0.05, 0.1) is 0 Å². The summed E-state index contributed by atoms with van der Waals surface area (Å²) in [6.45, 7) is 6.16. The molecule has 0 spiro atoms. The summed E-state index contributed by atoms with van der Waals surface area (Å²) < 4.78 is 0.906. The second-order valence-electron chi connectivity index (χ2n) is 4.56. The van der Waals surface area contributed by atoms with Gasteiger partial charge in [0.1, 0.15) is 0 Å². The van der Waals surface area contributed by atoms with Gasteiger partial charge in [0, 0.05) is 22.1 Å². The molecule has 3 N–H and O–H groups in total. The molecule has 0 aromatic heterocycles. The maximum absolute atomic E-state index is 11.9. The number of rotatable bonds is 3. The molecule has 1 amide bonds. The van der Waals surface area contributed by atoms with Crippen LogP contribution < -0.4 is 11.1 Å². The first-order valence-corrected chi connectivity index (χ1v) is 5.93. The number of amides is 1. The van der Waals surface area contributed by atoms with E-state index < -0.39 is 0 Å². The molecule has 96 valence electrons. The number of nitrogens with two attached hydrogens (primary N) is 1. The fourth-order valence-corrected chi connectivity index (χ4v) is 1.91. The lowest BCUT2D eigenvalue weighted by atomic mass is 10.0. The van der Waals surface area contributed by atoms with E-state index in [2.05, 4.69) is 21.2 Å². The number of carbonyl (C=O) groups is 1. The van der Waals surface area contributed by atoms with Crippen molar-refractivity contribution < 1.29 is 4.79 Å². The van der Waals surface area contributed by atoms with Crippen molar-refractivity contribution in [2.75, 3.05) is 6.54 Å². The van der Waals surface area contributed by atoms with Gasteiger partial charge in [0.2, 0.25) is 0 Å². The molecule has 0 aliphatic carbocycles. The summed E-state index contributed by atoms with van der Waals surface area (Å²) >= 11 is 3.37. The van der Waals surface area contributed by atoms with Crippen LogP contribution in [0.25, 0.3) is 0 Å². The Labute approximate surface area is 117 Å². The number of nitrogens with one attached hydrogen (secondary N) is 1. The number of carbonyl (C=O) groups excluding carboxylic acids is 1. The van der Waals surface area contributed by atoms with Crippen molar-refractivity contribution in [3.63, 3.8) is 0 Å². The molecule has 17 heavy (non-hydrogen) atoms. The lowest BCUT2D eigenvalue weighted by molar-refractivity contribution is 0.0915. The van der Waals surface area contributed by atoms with E-state index in [0.717, 1.165) is 10.0 Å². The summed E-state index contributed by atoms with van der Waals surface area (Å²) in [5.74, 6) is -0.0974. The van der Waals surface area contributed by atoms with Crippen LogP contribution in [-0.4, -0.2) is 18.0 Å². The first-order valence-electron chi connectivity index (χ1n) is 5.14. The predicted molar refractivity (Wildman–Crippen MR) is 76.7 cm³/mol. The van der Waals surface area contributed by atoms with E-state index in [9.17, 15) is 4.79 Å². The molecule has 0 saturated carbocycles. The predicted octanol–water partition coefficient (Wildman–Crippen LogP) is 2.65. The molecule has 0 atom stereocenters. The highest BCUT2D eigenvalue weighted by Gasteiger charge is 2.19. The molecule has 1 rings (SSSR count). The molecule has 0 bridgehead atoms. The third-order valence-corrected chi connectivity index (χ3v) is 2.72. The van der Waals surface area contributed by atoms with Gasteiger partial charge in [-0.2, -0.15) is 0 Å². The van der Waals surface area contributed by atoms with Crippen LogP contribution in [0, 0.1) is 6.92 Å². The minimum atomic E-state index is -0.382. The zero-order chi connectivity index (χ0) is 12.3. The molecule has 0 heterocycles. The van der Waals surface area contributed by atoms with Crippen molar-refractivity contribution in [1.82, 2.24) is 5.32 Å². The third-order valence-electron chi connectivity index (χ3n) is 2.27. The minimum Gasteiger partial charge on any atom is -0.346 e. The van der Waals surface area contributed by atoms with E-state index in [1.807, 2.05) is 32.9 Å². The Balaban J connectivity index is 0.00000256. The Hall–Kier alpha value is -0.580. The van der Waals surface area contributed by atoms with Crippen molar-refractivity contribution in [3.8, 4) is 0 Å². The number of aryl methyl sites for hydroxylation is 1. The monoisotopic (exact) mass is 320 g/mol. The molecule has 0 unspecified atom stereocenters. The Morgan fingerprint density at radius 3 is 2.47 bits per heavy atom. The average Bonchev–Trinajstić information content (AvgIpc) is 2.15. The molecule has 3 nitrogen and oxygen atoms in total. The van der Waals surface area contributed by atoms with Gasteiger partial charge in [-0.15, -0.1) is 12.4 Å². The highest BCUT2D eigenvalue weighted by atomic mass is 79.9. The first kappa shape index (κ1) is 16.4. The first-order chi connectivity index (χ1) is 7.34. The third kappa shape index (κ3) is 5.06. The van der Waals surface area contributed by atoms with Gasteiger partial charge in [-0.25, -0.2) is 0 Å². The average molecular weight is 322 g/mol. The molecule has 1 aromatic rings. The molecular formula is C12H18BrClN2O. The molecule has 5 heteroatoms. The Kier molecular flexibility index (Phi) is 6.16. The van der Waals surface area contributed by atoms with Crippen LogP contribution >= 0.6 is 28.3 Å². The van der Waals surface area contributed by atoms with Crippen LogP contribution in [0.1, 0.15) is 29.8 Å². The van der Waals surface area contributed by atoms with E-state index in [1.54, 1.807) is 6.07 Å². The summed E-state index contributed by atoms with van der Waals surface area (Å²) in [5, 5.41) is 2.89. The SMILES string of the molecule is Cc1cc(Br)cc(C(=O)NC(C)(C)CN)c1.Cl. The maximum atomic E-state index is 11.9. The maximum Gasteiger partial charge on any atom is 0.251 e. The summed E-state index contributed by atoms with van der Waals surface area (Å²) in [5.41, 5.74) is 6.88. The largest absolute Gasteiger partial charge is 0.346 e. The van der Waals surface area contributed by atoms with Crippen LogP contribution in [0.2, 0.25) is 0 Å². The zero-order valence-electron chi connectivity index (χ0n) is 10.2. The van der Waals surface area contributed by atoms with Crippen molar-refractivity contribution in [3.05, 3.63) is 33.8 Å². The van der Waals surface area contributed by atoms with Crippen molar-refractivity contribution in [2.24, 2.45) is 5.73 Å². The second kappa shape index (κ2) is 6.38. The fourth-order valence-electron chi connectivity index (χ4n) is 1.30. The normalized spacial score (nSPS) is 10.6. The lowest BCUT2D eigenvalue weighted by Crippen LogP contribution is -2.48. The summed E-state index contributed by atoms with van der Waals surface area (Å²) in [6, 6.07) is 5.62. The minimum absolute atomic E-state index is 0. The van der Waals surface area contributed by atoms with Crippen molar-refractivity contribution in [1.29, 1.82) is 0 Å². The van der Waals surface area contributed by atoms with Gasteiger partial charge in [0.15, 0.2) is 0 Å². The fraction of sp³-hybridized carbons (Fsp3) is 0.417. The lowest BCUT2D eigenvalue weighted by Gasteiger charge is -2.24. The summed E-state index contributed by atoms with van der Waals surface area (Å²) in [4.78, 5) is 11.9. The Morgan fingerprint density at radius 1 is 1.41 bits per heavy atom. The Morgan fingerprint density at radius 2 is 2.00 bits per heavy atom. The molecule has 0 fully saturated rings. The van der Waals surface area contributed by atoms with E-state index in [4.69, 9.17) is 5.73 Å². The van der Waals surface area contributed by atoms with Gasteiger partial charge in [-0.3, -0.25) is 4.79 Å². The topological polar surface area (TPSA) is 55.1 Å². The molecule has 0 radical (unpaired) electrons. The molecule has 0 aliphatic heterocycles. The van der Waals surface area contributed by atoms with Gasteiger partial charge in [0.25, 0.3) is 5.91 Å². The van der Waals surface area contributed by atoms with E-state index in [-0.39, 0.29) is 23.9 Å². The van der Waals surface area contributed by atoms with E-state index in [0.29, 0.717) is 12.1 Å². The standard InChI is InChI=1S/C12H17BrN2O.ClH/c1-8-4-9(6-10(13)5-8)11(16)15-12(2,3)7-14;/h4-6H,7,14H2,1-3H3,(H,15,16);1H. The molecule has 1 aromatic carbocycles. The van der Waals surface area contributed by atoms with Gasteiger partial charge >= 0.3 is 0 Å². The second-order valence-corrected chi connectivity index (χ2v) is 5.48. The van der Waals surface area contributed by atoms with E-state index >= 15 is 0 Å². The van der Waals surface area contributed by atoms with Gasteiger partial charge in [-0.05, 0) is 44.5 Å². The summed E-state index contributed by atoms with van der Waals surface area (Å²) in [7, 11) is 0. The highest BCUT2D eigenvalue weighted by Crippen LogP contribution is 2.15. The van der Waals surface area contributed by atoms with Crippen molar-refractivity contribution in [2.45, 2.75) is 26.3 Å². The van der Waals surface area contributed by atoms with Crippen LogP contribution in [-0.2, 0) is 0 Å². The number of hydrogen-bond donors (Lipinski definition) is 2. The molecule has 0 saturated heterocycles. The highest BCUT2D eigenvalue weighted by molar-refractivity contribution is 9.10.